The topological polar surface area (TPSA) is 40.5 Å². The van der Waals surface area contributed by atoms with E-state index in [1.807, 2.05) is 0 Å². The van der Waals surface area contributed by atoms with Gasteiger partial charge in [0, 0.05) is 0 Å². The Morgan fingerprint density at radius 1 is 0.684 bits per heavy atom. The predicted molar refractivity (Wildman–Crippen MR) is 89.3 cm³/mol. The second kappa shape index (κ2) is 16.5. The molecule has 0 saturated carbocycles. The Balaban J connectivity index is 2.91. The number of hydrogen-bond donors (Lipinski definition) is 2. The lowest BCUT2D eigenvalue weighted by molar-refractivity contribution is 0.415. The summed E-state index contributed by atoms with van der Waals surface area (Å²) in [5.74, 6) is 0. The van der Waals surface area contributed by atoms with Crippen LogP contribution >= 0.6 is 8.58 Å². The quantitative estimate of drug-likeness (QED) is 0.267. The molecular formula is C15H34BO2P. The van der Waals surface area contributed by atoms with Gasteiger partial charge >= 0.3 is 7.12 Å². The summed E-state index contributed by atoms with van der Waals surface area (Å²) in [5.41, 5.74) is 0. The van der Waals surface area contributed by atoms with Crippen molar-refractivity contribution in [3.05, 3.63) is 0 Å². The molecule has 0 radical (unpaired) electrons. The molecule has 2 nitrogen and oxygen atoms in total. The van der Waals surface area contributed by atoms with Crippen LogP contribution in [0.1, 0.15) is 84.0 Å². The minimum Gasteiger partial charge on any atom is -0.427 e. The van der Waals surface area contributed by atoms with Gasteiger partial charge in [0.05, 0.1) is 0 Å². The van der Waals surface area contributed by atoms with Gasteiger partial charge in [0.2, 0.25) is 0 Å². The molecule has 0 amide bonds. The molecule has 2 N–H and O–H groups in total. The molecule has 114 valence electrons. The van der Waals surface area contributed by atoms with Gasteiger partial charge in [-0.1, -0.05) is 77.6 Å². The first-order valence-corrected chi connectivity index (χ1v) is 9.75. The van der Waals surface area contributed by atoms with Gasteiger partial charge in [-0.05, 0) is 18.6 Å². The largest absolute Gasteiger partial charge is 0.455 e. The molecule has 0 aromatic rings. The molecular weight excluding hydrogens is 254 g/mol. The maximum atomic E-state index is 8.71. The van der Waals surface area contributed by atoms with Crippen molar-refractivity contribution in [2.75, 3.05) is 12.2 Å². The van der Waals surface area contributed by atoms with Gasteiger partial charge in [-0.15, -0.1) is 8.58 Å². The summed E-state index contributed by atoms with van der Waals surface area (Å²) in [6, 6.07) is 0.567. The third kappa shape index (κ3) is 18.4. The van der Waals surface area contributed by atoms with Crippen LogP contribution in [-0.4, -0.2) is 29.4 Å². The molecule has 0 aliphatic rings. The summed E-state index contributed by atoms with van der Waals surface area (Å²) in [4.78, 5) is 0. The molecule has 0 aliphatic heterocycles. The van der Waals surface area contributed by atoms with Crippen molar-refractivity contribution in [1.82, 2.24) is 0 Å². The van der Waals surface area contributed by atoms with Crippen LogP contribution in [0.3, 0.4) is 0 Å². The van der Waals surface area contributed by atoms with Crippen LogP contribution in [0.5, 0.6) is 0 Å². The van der Waals surface area contributed by atoms with Crippen molar-refractivity contribution in [1.29, 1.82) is 0 Å². The van der Waals surface area contributed by atoms with Crippen molar-refractivity contribution in [3.8, 4) is 0 Å². The standard InChI is InChI=1S/C15H34BO2P/c1-2-3-4-5-6-7-8-9-10-11-12-13-14-19-15-16(17)18/h17-19H,2-15H2,1H3. The van der Waals surface area contributed by atoms with Crippen LogP contribution < -0.4 is 0 Å². The molecule has 0 aliphatic carbocycles. The molecule has 0 rings (SSSR count). The van der Waals surface area contributed by atoms with E-state index in [9.17, 15) is 0 Å². The minimum atomic E-state index is -1.09. The highest BCUT2D eigenvalue weighted by molar-refractivity contribution is 7.40. The zero-order chi connectivity index (χ0) is 14.2. The van der Waals surface area contributed by atoms with Gasteiger partial charge < -0.3 is 10.0 Å². The highest BCUT2D eigenvalue weighted by atomic mass is 31.1. The Morgan fingerprint density at radius 2 is 1.11 bits per heavy atom. The van der Waals surface area contributed by atoms with Crippen LogP contribution in [0.25, 0.3) is 0 Å². The minimum absolute atomic E-state index is 0.567. The average Bonchev–Trinajstić information content (AvgIpc) is 2.39. The van der Waals surface area contributed by atoms with Gasteiger partial charge in [-0.25, -0.2) is 0 Å². The lowest BCUT2D eigenvalue weighted by Gasteiger charge is -2.03. The molecule has 1 unspecified atom stereocenters. The number of unbranched alkanes of at least 4 members (excludes halogenated alkanes) is 11. The fourth-order valence-corrected chi connectivity index (χ4v) is 3.28. The highest BCUT2D eigenvalue weighted by Gasteiger charge is 2.04. The van der Waals surface area contributed by atoms with Crippen molar-refractivity contribution < 1.29 is 10.0 Å². The van der Waals surface area contributed by atoms with Crippen molar-refractivity contribution in [2.24, 2.45) is 0 Å². The van der Waals surface area contributed by atoms with E-state index in [1.54, 1.807) is 0 Å². The zero-order valence-corrected chi connectivity index (χ0v) is 13.9. The molecule has 0 aromatic carbocycles. The lowest BCUT2D eigenvalue weighted by Crippen LogP contribution is -2.13. The molecule has 0 heterocycles. The molecule has 0 bridgehead atoms. The van der Waals surface area contributed by atoms with E-state index in [2.05, 4.69) is 6.92 Å². The van der Waals surface area contributed by atoms with Crippen LogP contribution in [0, 0.1) is 0 Å². The smallest absolute Gasteiger partial charge is 0.427 e. The third-order valence-corrected chi connectivity index (χ3v) is 4.89. The van der Waals surface area contributed by atoms with Crippen LogP contribution in [0.4, 0.5) is 0 Å². The van der Waals surface area contributed by atoms with E-state index < -0.39 is 7.12 Å². The predicted octanol–water partition coefficient (Wildman–Crippen LogP) is 4.38. The second-order valence-electron chi connectivity index (χ2n) is 5.57. The molecule has 0 aromatic heterocycles. The van der Waals surface area contributed by atoms with E-state index in [0.717, 1.165) is 8.58 Å². The second-order valence-corrected chi connectivity index (χ2v) is 6.98. The molecule has 19 heavy (non-hydrogen) atoms. The van der Waals surface area contributed by atoms with Gasteiger partial charge in [0.1, 0.15) is 0 Å². The molecule has 1 atom stereocenters. The Morgan fingerprint density at radius 3 is 1.53 bits per heavy atom. The Labute approximate surface area is 122 Å². The van der Waals surface area contributed by atoms with Gasteiger partial charge in [0.25, 0.3) is 0 Å². The van der Waals surface area contributed by atoms with Crippen molar-refractivity contribution in [3.63, 3.8) is 0 Å². The fourth-order valence-electron chi connectivity index (χ4n) is 2.32. The SMILES string of the molecule is CCCCCCCCCCCCCCPCB(O)O. The van der Waals surface area contributed by atoms with E-state index in [4.69, 9.17) is 10.0 Å². The Bertz CT molecular complexity index is 168. The van der Waals surface area contributed by atoms with Crippen LogP contribution in [0.2, 0.25) is 0 Å². The van der Waals surface area contributed by atoms with E-state index >= 15 is 0 Å². The molecule has 4 heteroatoms. The van der Waals surface area contributed by atoms with E-state index in [0.29, 0.717) is 6.06 Å². The molecule has 0 spiro atoms. The fraction of sp³-hybridized carbons (Fsp3) is 1.00. The highest BCUT2D eigenvalue weighted by Crippen LogP contribution is 2.15. The zero-order valence-electron chi connectivity index (χ0n) is 12.9. The summed E-state index contributed by atoms with van der Waals surface area (Å²) in [5, 5.41) is 17.4. The summed E-state index contributed by atoms with van der Waals surface area (Å²) in [6.07, 6.45) is 17.8. The maximum Gasteiger partial charge on any atom is 0.455 e. The van der Waals surface area contributed by atoms with E-state index in [-0.39, 0.29) is 0 Å². The van der Waals surface area contributed by atoms with E-state index in [1.165, 1.54) is 83.2 Å². The summed E-state index contributed by atoms with van der Waals surface area (Å²) in [6.45, 7) is 2.27. The van der Waals surface area contributed by atoms with Gasteiger partial charge in [-0.2, -0.15) is 0 Å². The van der Waals surface area contributed by atoms with Crippen LogP contribution in [0.15, 0.2) is 0 Å². The first-order chi connectivity index (χ1) is 9.27. The normalized spacial score (nSPS) is 11.5. The average molecular weight is 288 g/mol. The van der Waals surface area contributed by atoms with Crippen molar-refractivity contribution in [2.45, 2.75) is 84.0 Å². The first kappa shape index (κ1) is 19.4. The third-order valence-electron chi connectivity index (χ3n) is 3.53. The summed E-state index contributed by atoms with van der Waals surface area (Å²) >= 11 is 0. The lowest BCUT2D eigenvalue weighted by atomic mass is 9.98. The van der Waals surface area contributed by atoms with Gasteiger partial charge in [-0.3, -0.25) is 0 Å². The molecule has 0 fully saturated rings. The summed E-state index contributed by atoms with van der Waals surface area (Å²) in [7, 11) is -0.363. The number of hydrogen-bond acceptors (Lipinski definition) is 2. The van der Waals surface area contributed by atoms with Crippen molar-refractivity contribution >= 4 is 15.7 Å². The van der Waals surface area contributed by atoms with Gasteiger partial charge in [0.15, 0.2) is 0 Å². The first-order valence-electron chi connectivity index (χ1n) is 8.34. The maximum absolute atomic E-state index is 8.71. The Hall–Kier alpha value is 0.415. The summed E-state index contributed by atoms with van der Waals surface area (Å²) < 4.78 is 0. The monoisotopic (exact) mass is 288 g/mol. The Kier molecular flexibility index (Phi) is 16.8. The number of rotatable bonds is 15. The molecule has 0 saturated heterocycles. The van der Waals surface area contributed by atoms with Crippen LogP contribution in [-0.2, 0) is 0 Å².